The van der Waals surface area contributed by atoms with E-state index in [9.17, 15) is 29.3 Å². The molecule has 3 amide bonds. The summed E-state index contributed by atoms with van der Waals surface area (Å²) < 4.78 is 19.9. The van der Waals surface area contributed by atoms with E-state index in [2.05, 4.69) is 14.8 Å². The Morgan fingerprint density at radius 1 is 1.21 bits per heavy atom. The Morgan fingerprint density at radius 3 is 2.59 bits per heavy atom. The van der Waals surface area contributed by atoms with Crippen LogP contribution >= 0.6 is 0 Å². The number of nitro groups is 1. The molecule has 13 nitrogen and oxygen atoms in total. The monoisotopic (exact) mass is 473 g/mol. The van der Waals surface area contributed by atoms with Crippen molar-refractivity contribution >= 4 is 35.6 Å². The van der Waals surface area contributed by atoms with Crippen LogP contribution in [0.15, 0.2) is 40.4 Å². The van der Waals surface area contributed by atoms with Crippen LogP contribution in [-0.2, 0) is 25.6 Å². The lowest BCUT2D eigenvalue weighted by Crippen LogP contribution is -2.30. The molecule has 1 atom stereocenters. The van der Waals surface area contributed by atoms with Crippen LogP contribution in [0.25, 0.3) is 6.08 Å². The first kappa shape index (κ1) is 24.0. The smallest absolute Gasteiger partial charge is 0.373 e. The van der Waals surface area contributed by atoms with Crippen LogP contribution < -0.4 is 10.1 Å². The summed E-state index contributed by atoms with van der Waals surface area (Å²) in [5, 5.41) is 13.6. The van der Waals surface area contributed by atoms with Crippen LogP contribution in [0, 0.1) is 10.1 Å². The number of hydrogen-bond donors (Lipinski definition) is 1. The largest absolute Gasteiger partial charge is 0.478 e. The minimum absolute atomic E-state index is 0.0465. The maximum atomic E-state index is 12.8. The number of benzene rings is 1. The number of nitrogens with zero attached hydrogens (tertiary/aromatic N) is 2. The molecule has 13 heteroatoms. The highest BCUT2D eigenvalue weighted by atomic mass is 16.6. The molecule has 0 bridgehead atoms. The van der Waals surface area contributed by atoms with E-state index in [1.807, 2.05) is 0 Å². The normalized spacial score (nSPS) is 15.1. The molecule has 3 rings (SSSR count). The molecule has 2 aromatic rings. The summed E-state index contributed by atoms with van der Waals surface area (Å²) in [6, 6.07) is 5.53. The van der Waals surface area contributed by atoms with Gasteiger partial charge in [0, 0.05) is 17.7 Å². The number of esters is 2. The van der Waals surface area contributed by atoms with Crippen LogP contribution in [0.2, 0.25) is 0 Å². The van der Waals surface area contributed by atoms with E-state index in [0.717, 1.165) is 11.0 Å². The molecule has 1 aromatic carbocycles. The molecular formula is C21H19N3O10. The summed E-state index contributed by atoms with van der Waals surface area (Å²) in [4.78, 5) is 59.8. The van der Waals surface area contributed by atoms with E-state index in [1.54, 1.807) is 0 Å². The highest BCUT2D eigenvalue weighted by Gasteiger charge is 2.35. The number of nitrogens with one attached hydrogen (secondary N) is 1. The molecule has 0 spiro atoms. The van der Waals surface area contributed by atoms with Crippen molar-refractivity contribution in [3.63, 3.8) is 0 Å². The van der Waals surface area contributed by atoms with Gasteiger partial charge in [-0.25, -0.2) is 14.4 Å². The van der Waals surface area contributed by atoms with E-state index in [0.29, 0.717) is 0 Å². The second kappa shape index (κ2) is 9.85. The Bertz CT molecular complexity index is 1200. The fourth-order valence-corrected chi connectivity index (χ4v) is 2.97. The lowest BCUT2D eigenvalue weighted by atomic mass is 10.1. The minimum Gasteiger partial charge on any atom is -0.478 e. The van der Waals surface area contributed by atoms with Gasteiger partial charge in [-0.15, -0.1) is 0 Å². The minimum atomic E-state index is -1.04. The number of furan rings is 1. The number of hydrogen-bond acceptors (Lipinski definition) is 10. The zero-order valence-electron chi connectivity index (χ0n) is 18.2. The molecule has 0 radical (unpaired) electrons. The molecule has 0 saturated carbocycles. The first-order chi connectivity index (χ1) is 16.1. The number of rotatable bonds is 8. The molecule has 1 saturated heterocycles. The number of urea groups is 1. The summed E-state index contributed by atoms with van der Waals surface area (Å²) in [6.07, 6.45) is 0.145. The Balaban J connectivity index is 1.89. The van der Waals surface area contributed by atoms with Crippen molar-refractivity contribution in [3.8, 4) is 5.75 Å². The summed E-state index contributed by atoms with van der Waals surface area (Å²) in [7, 11) is 2.35. The third kappa shape index (κ3) is 5.03. The third-order valence-corrected chi connectivity index (χ3v) is 4.67. The standard InChI is InChI=1S/C21H19N3O10/c1-11(19(26)31-2)33-16-6-4-13(24(29)30)8-12(16)9-15-18(25)23(21(28)22-15)10-14-5-7-17(34-14)20(27)32-3/h4-9,11H,10H2,1-3H3,(H,22,28)/b15-9-/t11-/m0/s1. The van der Waals surface area contributed by atoms with Crippen molar-refractivity contribution in [2.45, 2.75) is 19.6 Å². The third-order valence-electron chi connectivity index (χ3n) is 4.67. The van der Waals surface area contributed by atoms with Gasteiger partial charge >= 0.3 is 18.0 Å². The number of carbonyl (C=O) groups is 4. The van der Waals surface area contributed by atoms with Gasteiger partial charge in [-0.05, 0) is 31.2 Å². The summed E-state index contributed by atoms with van der Waals surface area (Å²) in [6.45, 7) is 1.14. The van der Waals surface area contributed by atoms with Crippen LogP contribution in [-0.4, -0.2) is 54.0 Å². The van der Waals surface area contributed by atoms with Gasteiger partial charge in [0.25, 0.3) is 11.6 Å². The summed E-state index contributed by atoms with van der Waals surface area (Å²) in [5.74, 6) is -2.05. The number of non-ortho nitro benzene ring substituents is 1. The van der Waals surface area contributed by atoms with Gasteiger partial charge in [0.2, 0.25) is 5.76 Å². The van der Waals surface area contributed by atoms with Crippen molar-refractivity contribution < 1.29 is 42.7 Å². The van der Waals surface area contributed by atoms with Gasteiger partial charge in [-0.3, -0.25) is 19.8 Å². The second-order valence-corrected chi connectivity index (χ2v) is 6.90. The predicted molar refractivity (Wildman–Crippen MR) is 112 cm³/mol. The van der Waals surface area contributed by atoms with Crippen molar-refractivity contribution in [1.82, 2.24) is 10.2 Å². The van der Waals surface area contributed by atoms with Crippen molar-refractivity contribution in [3.05, 3.63) is 63.2 Å². The van der Waals surface area contributed by atoms with E-state index in [-0.39, 0.29) is 40.8 Å². The fraction of sp³-hybridized carbons (Fsp3) is 0.238. The molecular weight excluding hydrogens is 454 g/mol. The topological polar surface area (TPSA) is 168 Å². The molecule has 178 valence electrons. The number of carbonyl (C=O) groups excluding carboxylic acids is 4. The fourth-order valence-electron chi connectivity index (χ4n) is 2.97. The number of ether oxygens (including phenoxy) is 3. The molecule has 1 N–H and O–H groups in total. The van der Waals surface area contributed by atoms with Gasteiger partial charge in [-0.1, -0.05) is 0 Å². The van der Waals surface area contributed by atoms with Gasteiger partial charge in [-0.2, -0.15) is 0 Å². The highest BCUT2D eigenvalue weighted by Crippen LogP contribution is 2.29. The van der Waals surface area contributed by atoms with Crippen LogP contribution in [0.4, 0.5) is 10.5 Å². The Morgan fingerprint density at radius 2 is 1.94 bits per heavy atom. The predicted octanol–water partition coefficient (Wildman–Crippen LogP) is 2.01. The quantitative estimate of drug-likeness (QED) is 0.197. The molecule has 1 fully saturated rings. The summed E-state index contributed by atoms with van der Waals surface area (Å²) >= 11 is 0. The number of methoxy groups -OCH3 is 2. The van der Waals surface area contributed by atoms with E-state index in [1.165, 1.54) is 51.5 Å². The van der Waals surface area contributed by atoms with E-state index >= 15 is 0 Å². The SMILES string of the molecule is COC(=O)c1ccc(CN2C(=O)N/C(=C\c3cc([N+](=O)[O-])ccc3O[C@@H](C)C(=O)OC)C2=O)o1. The molecule has 1 aromatic heterocycles. The Labute approximate surface area is 192 Å². The summed E-state index contributed by atoms with van der Waals surface area (Å²) in [5.41, 5.74) is -0.424. The van der Waals surface area contributed by atoms with Crippen LogP contribution in [0.5, 0.6) is 5.75 Å². The maximum absolute atomic E-state index is 12.8. The molecule has 1 aliphatic heterocycles. The molecule has 0 unspecified atom stereocenters. The number of nitro benzene ring substituents is 1. The molecule has 2 heterocycles. The number of imide groups is 1. The molecule has 0 aliphatic carbocycles. The number of amides is 3. The second-order valence-electron chi connectivity index (χ2n) is 6.90. The first-order valence-corrected chi connectivity index (χ1v) is 9.69. The van der Waals surface area contributed by atoms with Crippen molar-refractivity contribution in [1.29, 1.82) is 0 Å². The van der Waals surface area contributed by atoms with Gasteiger partial charge in [0.1, 0.15) is 17.2 Å². The van der Waals surface area contributed by atoms with Crippen LogP contribution in [0.1, 0.15) is 28.8 Å². The van der Waals surface area contributed by atoms with Crippen molar-refractivity contribution in [2.24, 2.45) is 0 Å². The highest BCUT2D eigenvalue weighted by molar-refractivity contribution is 6.14. The lowest BCUT2D eigenvalue weighted by Gasteiger charge is -2.14. The van der Waals surface area contributed by atoms with Gasteiger partial charge in [0.15, 0.2) is 6.10 Å². The zero-order chi connectivity index (χ0) is 25.0. The maximum Gasteiger partial charge on any atom is 0.373 e. The average molecular weight is 473 g/mol. The Kier molecular flexibility index (Phi) is 6.95. The van der Waals surface area contributed by atoms with E-state index in [4.69, 9.17) is 9.15 Å². The molecule has 1 aliphatic rings. The lowest BCUT2D eigenvalue weighted by molar-refractivity contribution is -0.384. The Hall–Kier alpha value is -4.68. The van der Waals surface area contributed by atoms with Gasteiger partial charge < -0.3 is 23.9 Å². The average Bonchev–Trinajstić information content (AvgIpc) is 3.39. The van der Waals surface area contributed by atoms with E-state index < -0.39 is 34.9 Å². The first-order valence-electron chi connectivity index (χ1n) is 9.69. The zero-order valence-corrected chi connectivity index (χ0v) is 18.2. The van der Waals surface area contributed by atoms with Gasteiger partial charge in [0.05, 0.1) is 25.7 Å². The van der Waals surface area contributed by atoms with Crippen LogP contribution in [0.3, 0.4) is 0 Å². The van der Waals surface area contributed by atoms with Crippen molar-refractivity contribution in [2.75, 3.05) is 14.2 Å². The molecule has 34 heavy (non-hydrogen) atoms.